The molecule has 0 saturated carbocycles. The predicted molar refractivity (Wildman–Crippen MR) is 128 cm³/mol. The Balaban J connectivity index is 1.79. The van der Waals surface area contributed by atoms with Crippen molar-refractivity contribution in [2.45, 2.75) is 11.8 Å². The summed E-state index contributed by atoms with van der Waals surface area (Å²) in [6.07, 6.45) is 0. The Morgan fingerprint density at radius 2 is 1.39 bits per heavy atom. The molecule has 0 aromatic heterocycles. The molecule has 6 nitrogen and oxygen atoms in total. The van der Waals surface area contributed by atoms with Crippen LogP contribution in [-0.4, -0.2) is 14.4 Å². The van der Waals surface area contributed by atoms with Crippen LogP contribution < -0.4 is 15.4 Å². The number of hydrogen-bond donors (Lipinski definition) is 3. The average molecular weight is 519 g/mol. The number of rotatable bonds is 5. The van der Waals surface area contributed by atoms with Crippen LogP contribution in [0.5, 0.6) is 0 Å². The summed E-state index contributed by atoms with van der Waals surface area (Å²) in [4.78, 5) is 12.4. The Hall–Kier alpha value is -2.16. The fourth-order valence-electron chi connectivity index (χ4n) is 2.60. The van der Waals surface area contributed by atoms with Crippen LogP contribution in [0.3, 0.4) is 0 Å². The molecule has 2 amide bonds. The lowest BCUT2D eigenvalue weighted by molar-refractivity contribution is 0.262. The number of nitrogens with one attached hydrogen (secondary N) is 3. The standard InChI is InChI=1S/C20H15Cl4N3O3S/c1-11-2-5-14(25-20(28)26-18-10-16(23)15(22)9-17(18)24)8-19(11)31(29,30)27-13-6-3-12(21)4-7-13/h2-10,27H,1H3,(H2,25,26,28). The van der Waals surface area contributed by atoms with Gasteiger partial charge in [0.25, 0.3) is 10.0 Å². The maximum absolute atomic E-state index is 12.8. The molecule has 0 spiro atoms. The lowest BCUT2D eigenvalue weighted by atomic mass is 10.2. The van der Waals surface area contributed by atoms with Crippen molar-refractivity contribution >= 4 is 79.5 Å². The highest BCUT2D eigenvalue weighted by Crippen LogP contribution is 2.32. The van der Waals surface area contributed by atoms with E-state index in [1.165, 1.54) is 18.2 Å². The van der Waals surface area contributed by atoms with Crippen molar-refractivity contribution in [3.63, 3.8) is 0 Å². The third-order valence-electron chi connectivity index (χ3n) is 4.09. The van der Waals surface area contributed by atoms with Crippen LogP contribution in [0, 0.1) is 6.92 Å². The van der Waals surface area contributed by atoms with Gasteiger partial charge in [0.05, 0.1) is 25.7 Å². The van der Waals surface area contributed by atoms with E-state index in [4.69, 9.17) is 46.4 Å². The number of benzene rings is 3. The Bertz CT molecular complexity index is 1250. The Kier molecular flexibility index (Phi) is 7.24. The van der Waals surface area contributed by atoms with Crippen LogP contribution in [0.25, 0.3) is 0 Å². The van der Waals surface area contributed by atoms with Crippen LogP contribution in [-0.2, 0) is 10.0 Å². The van der Waals surface area contributed by atoms with Gasteiger partial charge in [-0.2, -0.15) is 0 Å². The second kappa shape index (κ2) is 9.54. The molecule has 0 heterocycles. The minimum Gasteiger partial charge on any atom is -0.308 e. The third-order valence-corrected chi connectivity index (χ3v) is 6.90. The molecule has 0 atom stereocenters. The summed E-state index contributed by atoms with van der Waals surface area (Å²) >= 11 is 23.7. The SMILES string of the molecule is Cc1ccc(NC(=O)Nc2cc(Cl)c(Cl)cc2Cl)cc1S(=O)(=O)Nc1ccc(Cl)cc1. The van der Waals surface area contributed by atoms with Gasteiger partial charge < -0.3 is 10.6 Å². The van der Waals surface area contributed by atoms with E-state index in [1.807, 2.05) is 0 Å². The number of carbonyl (C=O) groups is 1. The molecule has 162 valence electrons. The topological polar surface area (TPSA) is 87.3 Å². The van der Waals surface area contributed by atoms with E-state index in [1.54, 1.807) is 43.3 Å². The third kappa shape index (κ3) is 5.96. The van der Waals surface area contributed by atoms with Gasteiger partial charge >= 0.3 is 6.03 Å². The lowest BCUT2D eigenvalue weighted by Crippen LogP contribution is -2.20. The number of hydrogen-bond acceptors (Lipinski definition) is 3. The van der Waals surface area contributed by atoms with Crippen molar-refractivity contribution in [2.75, 3.05) is 15.4 Å². The Morgan fingerprint density at radius 1 is 0.774 bits per heavy atom. The second-order valence-electron chi connectivity index (χ2n) is 6.42. The van der Waals surface area contributed by atoms with Crippen LogP contribution in [0.1, 0.15) is 5.56 Å². The Labute approximate surface area is 199 Å². The van der Waals surface area contributed by atoms with Crippen molar-refractivity contribution in [1.82, 2.24) is 0 Å². The molecule has 0 radical (unpaired) electrons. The van der Waals surface area contributed by atoms with Gasteiger partial charge in [0.2, 0.25) is 0 Å². The largest absolute Gasteiger partial charge is 0.323 e. The molecule has 3 rings (SSSR count). The fraction of sp³-hybridized carbons (Fsp3) is 0.0500. The summed E-state index contributed by atoms with van der Waals surface area (Å²) in [6, 6.07) is 12.9. The maximum atomic E-state index is 12.8. The van der Waals surface area contributed by atoms with Crippen molar-refractivity contribution in [3.8, 4) is 0 Å². The lowest BCUT2D eigenvalue weighted by Gasteiger charge is -2.14. The van der Waals surface area contributed by atoms with Gasteiger partial charge in [-0.3, -0.25) is 4.72 Å². The molecule has 0 unspecified atom stereocenters. The zero-order valence-electron chi connectivity index (χ0n) is 15.8. The highest BCUT2D eigenvalue weighted by Gasteiger charge is 2.18. The number of urea groups is 1. The molecular formula is C20H15Cl4N3O3S. The predicted octanol–water partition coefficient (Wildman–Crippen LogP) is 7.05. The minimum absolute atomic E-state index is 0.00724. The minimum atomic E-state index is -3.91. The normalized spacial score (nSPS) is 11.1. The molecule has 11 heteroatoms. The summed E-state index contributed by atoms with van der Waals surface area (Å²) in [5.41, 5.74) is 1.36. The quantitative estimate of drug-likeness (QED) is 0.316. The van der Waals surface area contributed by atoms with Gasteiger partial charge in [-0.05, 0) is 61.0 Å². The first-order valence-electron chi connectivity index (χ1n) is 8.67. The van der Waals surface area contributed by atoms with Crippen LogP contribution >= 0.6 is 46.4 Å². The molecule has 3 N–H and O–H groups in total. The van der Waals surface area contributed by atoms with Crippen molar-refractivity contribution in [2.24, 2.45) is 0 Å². The van der Waals surface area contributed by atoms with Crippen molar-refractivity contribution in [3.05, 3.63) is 80.3 Å². The molecule has 3 aromatic carbocycles. The summed E-state index contributed by atoms with van der Waals surface area (Å²) in [5.74, 6) is 0. The summed E-state index contributed by atoms with van der Waals surface area (Å²) in [5, 5.41) is 6.26. The van der Waals surface area contributed by atoms with E-state index in [0.717, 1.165) is 0 Å². The number of amides is 2. The van der Waals surface area contributed by atoms with Crippen molar-refractivity contribution < 1.29 is 13.2 Å². The zero-order chi connectivity index (χ0) is 22.8. The molecular weight excluding hydrogens is 504 g/mol. The monoisotopic (exact) mass is 517 g/mol. The van der Waals surface area contributed by atoms with E-state index < -0.39 is 16.1 Å². The zero-order valence-corrected chi connectivity index (χ0v) is 19.7. The Morgan fingerprint density at radius 3 is 2.06 bits per heavy atom. The van der Waals surface area contributed by atoms with Crippen LogP contribution in [0.4, 0.5) is 21.9 Å². The van der Waals surface area contributed by atoms with E-state index in [-0.39, 0.29) is 31.3 Å². The maximum Gasteiger partial charge on any atom is 0.323 e. The van der Waals surface area contributed by atoms with Crippen molar-refractivity contribution in [1.29, 1.82) is 0 Å². The van der Waals surface area contributed by atoms with E-state index in [0.29, 0.717) is 16.3 Å². The van der Waals surface area contributed by atoms with E-state index in [9.17, 15) is 13.2 Å². The molecule has 0 saturated heterocycles. The molecule has 31 heavy (non-hydrogen) atoms. The average Bonchev–Trinajstić information content (AvgIpc) is 2.69. The molecule has 0 bridgehead atoms. The van der Waals surface area contributed by atoms with Gasteiger partial charge in [-0.1, -0.05) is 52.5 Å². The fourth-order valence-corrected chi connectivity index (χ4v) is 4.65. The van der Waals surface area contributed by atoms with Gasteiger partial charge in [-0.25, -0.2) is 13.2 Å². The first-order chi connectivity index (χ1) is 14.5. The number of sulfonamides is 1. The summed E-state index contributed by atoms with van der Waals surface area (Å²) in [7, 11) is -3.91. The number of aryl methyl sites for hydroxylation is 1. The summed E-state index contributed by atoms with van der Waals surface area (Å²) < 4.78 is 28.1. The first-order valence-corrected chi connectivity index (χ1v) is 11.7. The molecule has 0 aliphatic rings. The molecule has 0 aliphatic carbocycles. The molecule has 3 aromatic rings. The van der Waals surface area contributed by atoms with Gasteiger partial charge in [0.15, 0.2) is 0 Å². The molecule has 0 aliphatic heterocycles. The van der Waals surface area contributed by atoms with Gasteiger partial charge in [-0.15, -0.1) is 0 Å². The number of carbonyl (C=O) groups excluding carboxylic acids is 1. The van der Waals surface area contributed by atoms with Gasteiger partial charge in [0, 0.05) is 16.4 Å². The number of halogens is 4. The smallest absolute Gasteiger partial charge is 0.308 e. The second-order valence-corrected chi connectivity index (χ2v) is 9.73. The number of anilines is 3. The molecule has 0 fully saturated rings. The van der Waals surface area contributed by atoms with Crippen LogP contribution in [0.2, 0.25) is 20.1 Å². The van der Waals surface area contributed by atoms with E-state index in [2.05, 4.69) is 15.4 Å². The van der Waals surface area contributed by atoms with E-state index >= 15 is 0 Å². The summed E-state index contributed by atoms with van der Waals surface area (Å²) in [6.45, 7) is 1.65. The highest BCUT2D eigenvalue weighted by atomic mass is 35.5. The first kappa shape index (κ1) is 23.5. The van der Waals surface area contributed by atoms with Crippen LogP contribution in [0.15, 0.2) is 59.5 Å². The highest BCUT2D eigenvalue weighted by molar-refractivity contribution is 7.92. The van der Waals surface area contributed by atoms with Gasteiger partial charge in [0.1, 0.15) is 0 Å².